The van der Waals surface area contributed by atoms with Crippen molar-refractivity contribution in [3.05, 3.63) is 77.5 Å². The molecule has 160 valence electrons. The summed E-state index contributed by atoms with van der Waals surface area (Å²) in [6.45, 7) is 3.77. The summed E-state index contributed by atoms with van der Waals surface area (Å²) in [4.78, 5) is 0. The summed E-state index contributed by atoms with van der Waals surface area (Å²) in [7, 11) is 1.69. The molecule has 32 heavy (non-hydrogen) atoms. The maximum Gasteiger partial charge on any atom is 0.231 e. The first-order valence-corrected chi connectivity index (χ1v) is 10.8. The van der Waals surface area contributed by atoms with Gasteiger partial charge in [-0.2, -0.15) is 4.57 Å². The maximum absolute atomic E-state index is 6.33. The predicted octanol–water partition coefficient (Wildman–Crippen LogP) is 4.98. The lowest BCUT2D eigenvalue weighted by Crippen LogP contribution is -2.40. The lowest BCUT2D eigenvalue weighted by molar-refractivity contribution is -0.686. The van der Waals surface area contributed by atoms with Crippen LogP contribution >= 0.6 is 0 Å². The minimum atomic E-state index is 0.289. The second kappa shape index (κ2) is 7.45. The Kier molecular flexibility index (Phi) is 4.42. The van der Waals surface area contributed by atoms with Crippen LogP contribution in [0.2, 0.25) is 0 Å². The number of methoxy groups -OCH3 is 1. The van der Waals surface area contributed by atoms with Gasteiger partial charge in [0.15, 0.2) is 35.7 Å². The molecule has 3 heterocycles. The molecule has 0 atom stereocenters. The van der Waals surface area contributed by atoms with E-state index >= 15 is 0 Å². The van der Waals surface area contributed by atoms with Gasteiger partial charge in [-0.15, -0.1) is 0 Å². The maximum atomic E-state index is 6.33. The van der Waals surface area contributed by atoms with E-state index in [-0.39, 0.29) is 6.79 Å². The van der Waals surface area contributed by atoms with E-state index in [0.29, 0.717) is 6.61 Å². The molecule has 4 aromatic rings. The smallest absolute Gasteiger partial charge is 0.231 e. The number of aromatic nitrogens is 1. The molecule has 5 heteroatoms. The van der Waals surface area contributed by atoms with Crippen molar-refractivity contribution in [2.75, 3.05) is 13.9 Å². The molecule has 5 nitrogen and oxygen atoms in total. The second-order valence-electron chi connectivity index (χ2n) is 8.34. The molecule has 0 aliphatic carbocycles. The number of hydrogen-bond acceptors (Lipinski definition) is 4. The number of nitrogens with zero attached hydrogens (tertiary/aromatic N) is 1. The standard InChI is InChI=1S/C27H24NO4/c1-17-4-3-5-18(10-17)15-30-27-22-14-28-9-8-20-12-25-26(32-16-31-25)13-21(20)23(28)11-19(22)6-7-24(27)29-2/h3-7,10-14H,8-9,15-16H2,1-2H3/q+1. The van der Waals surface area contributed by atoms with Crippen LogP contribution in [0.5, 0.6) is 23.0 Å². The average molecular weight is 426 g/mol. The van der Waals surface area contributed by atoms with Gasteiger partial charge in [0.05, 0.1) is 18.1 Å². The molecular weight excluding hydrogens is 402 g/mol. The van der Waals surface area contributed by atoms with E-state index in [0.717, 1.165) is 52.3 Å². The van der Waals surface area contributed by atoms with Gasteiger partial charge in [-0.1, -0.05) is 29.8 Å². The van der Waals surface area contributed by atoms with E-state index in [2.05, 4.69) is 66.2 Å². The van der Waals surface area contributed by atoms with Crippen molar-refractivity contribution in [2.24, 2.45) is 0 Å². The van der Waals surface area contributed by atoms with Gasteiger partial charge in [-0.3, -0.25) is 0 Å². The molecule has 0 bridgehead atoms. The number of pyridine rings is 1. The summed E-state index contributed by atoms with van der Waals surface area (Å²) in [5.41, 5.74) is 6.02. The highest BCUT2D eigenvalue weighted by molar-refractivity contribution is 5.91. The molecule has 0 saturated heterocycles. The average Bonchev–Trinajstić information content (AvgIpc) is 3.27. The molecule has 2 aliphatic rings. The number of aryl methyl sites for hydroxylation is 3. The number of hydrogen-bond donors (Lipinski definition) is 0. The van der Waals surface area contributed by atoms with Gasteiger partial charge in [0.1, 0.15) is 6.61 Å². The monoisotopic (exact) mass is 426 g/mol. The van der Waals surface area contributed by atoms with E-state index in [9.17, 15) is 0 Å². The molecule has 0 spiro atoms. The van der Waals surface area contributed by atoms with Crippen molar-refractivity contribution in [1.82, 2.24) is 0 Å². The van der Waals surface area contributed by atoms with Crippen molar-refractivity contribution in [1.29, 1.82) is 0 Å². The van der Waals surface area contributed by atoms with E-state index in [1.54, 1.807) is 7.11 Å². The van der Waals surface area contributed by atoms with Crippen LogP contribution in [-0.2, 0) is 19.6 Å². The lowest BCUT2D eigenvalue weighted by atomic mass is 9.95. The zero-order valence-electron chi connectivity index (χ0n) is 18.2. The van der Waals surface area contributed by atoms with Crippen LogP contribution in [0.3, 0.4) is 0 Å². The molecule has 0 N–H and O–H groups in total. The van der Waals surface area contributed by atoms with Gasteiger partial charge >= 0.3 is 0 Å². The Morgan fingerprint density at radius 3 is 2.72 bits per heavy atom. The SMILES string of the molecule is COc1ccc2cc3[n+](cc2c1OCc1cccc(C)c1)CCc1cc2c(cc1-3)OCO2. The Bertz CT molecular complexity index is 1360. The summed E-state index contributed by atoms with van der Waals surface area (Å²) < 4.78 is 25.5. The molecule has 1 aromatic heterocycles. The highest BCUT2D eigenvalue weighted by Crippen LogP contribution is 2.41. The van der Waals surface area contributed by atoms with Crippen LogP contribution in [0, 0.1) is 6.92 Å². The third-order valence-electron chi connectivity index (χ3n) is 6.26. The van der Waals surface area contributed by atoms with Crippen molar-refractivity contribution >= 4 is 10.8 Å². The number of fused-ring (bicyclic) bond motifs is 5. The van der Waals surface area contributed by atoms with E-state index < -0.39 is 0 Å². The Hall–Kier alpha value is -3.73. The zero-order valence-corrected chi connectivity index (χ0v) is 18.2. The molecule has 0 amide bonds. The van der Waals surface area contributed by atoms with Gasteiger partial charge in [-0.25, -0.2) is 0 Å². The normalized spacial score (nSPS) is 13.6. The Labute approximate surface area is 186 Å². The first-order valence-electron chi connectivity index (χ1n) is 10.8. The van der Waals surface area contributed by atoms with Crippen molar-refractivity contribution in [3.63, 3.8) is 0 Å². The van der Waals surface area contributed by atoms with Gasteiger partial charge in [-0.05, 0) is 47.7 Å². The summed E-state index contributed by atoms with van der Waals surface area (Å²) in [6, 6.07) is 18.9. The molecule has 0 fully saturated rings. The van der Waals surface area contributed by atoms with Crippen LogP contribution in [0.25, 0.3) is 22.0 Å². The number of benzene rings is 3. The minimum absolute atomic E-state index is 0.289. The van der Waals surface area contributed by atoms with Gasteiger partial charge < -0.3 is 18.9 Å². The highest BCUT2D eigenvalue weighted by atomic mass is 16.7. The fourth-order valence-corrected chi connectivity index (χ4v) is 4.66. The largest absolute Gasteiger partial charge is 0.493 e. The molecule has 0 radical (unpaired) electrons. The molecular formula is C27H24NO4+. The van der Waals surface area contributed by atoms with Crippen LogP contribution in [0.1, 0.15) is 16.7 Å². The van der Waals surface area contributed by atoms with Gasteiger partial charge in [0.25, 0.3) is 0 Å². The first-order chi connectivity index (χ1) is 15.7. The van der Waals surface area contributed by atoms with Crippen molar-refractivity contribution in [2.45, 2.75) is 26.5 Å². The van der Waals surface area contributed by atoms with E-state index in [1.165, 1.54) is 22.4 Å². The molecule has 0 unspecified atom stereocenters. The predicted molar refractivity (Wildman–Crippen MR) is 121 cm³/mol. The fraction of sp³-hybridized carbons (Fsp3) is 0.222. The molecule has 3 aromatic carbocycles. The summed E-state index contributed by atoms with van der Waals surface area (Å²) >= 11 is 0. The molecule has 6 rings (SSSR count). The molecule has 2 aliphatic heterocycles. The van der Waals surface area contributed by atoms with Gasteiger partial charge in [0.2, 0.25) is 12.5 Å². The Balaban J connectivity index is 1.44. The summed E-state index contributed by atoms with van der Waals surface area (Å²) in [5, 5.41) is 2.16. The fourth-order valence-electron chi connectivity index (χ4n) is 4.66. The Morgan fingerprint density at radius 2 is 1.88 bits per heavy atom. The van der Waals surface area contributed by atoms with Crippen molar-refractivity contribution in [3.8, 4) is 34.3 Å². The van der Waals surface area contributed by atoms with E-state index in [4.69, 9.17) is 18.9 Å². The minimum Gasteiger partial charge on any atom is -0.493 e. The summed E-state index contributed by atoms with van der Waals surface area (Å²) in [5.74, 6) is 3.17. The van der Waals surface area contributed by atoms with E-state index in [1.807, 2.05) is 6.07 Å². The highest BCUT2D eigenvalue weighted by Gasteiger charge is 2.28. The number of ether oxygens (including phenoxy) is 4. The first kappa shape index (κ1) is 19.0. The topological polar surface area (TPSA) is 40.8 Å². The number of rotatable bonds is 4. The Morgan fingerprint density at radius 1 is 1.00 bits per heavy atom. The zero-order chi connectivity index (χ0) is 21.7. The van der Waals surface area contributed by atoms with Crippen LogP contribution < -0.4 is 23.5 Å². The molecule has 0 saturated carbocycles. The third-order valence-corrected chi connectivity index (χ3v) is 6.26. The lowest BCUT2D eigenvalue weighted by Gasteiger charge is -2.18. The second-order valence-corrected chi connectivity index (χ2v) is 8.34. The van der Waals surface area contributed by atoms with Crippen molar-refractivity contribution < 1.29 is 23.5 Å². The third kappa shape index (κ3) is 3.12. The van der Waals surface area contributed by atoms with Gasteiger partial charge in [0, 0.05) is 12.5 Å². The van der Waals surface area contributed by atoms with Crippen LogP contribution in [0.15, 0.2) is 60.8 Å². The van der Waals surface area contributed by atoms with Crippen LogP contribution in [-0.4, -0.2) is 13.9 Å². The summed E-state index contributed by atoms with van der Waals surface area (Å²) in [6.07, 6.45) is 3.13. The quantitative estimate of drug-likeness (QED) is 0.432. The van der Waals surface area contributed by atoms with Crippen LogP contribution in [0.4, 0.5) is 0 Å².